The maximum absolute atomic E-state index is 12.1. The number of anilines is 2. The molecule has 0 radical (unpaired) electrons. The number of carbonyl (C=O) groups is 2. The molecule has 0 saturated heterocycles. The van der Waals surface area contributed by atoms with Crippen molar-refractivity contribution in [3.63, 3.8) is 0 Å². The molecule has 2 N–H and O–H groups in total. The van der Waals surface area contributed by atoms with Crippen molar-refractivity contribution in [3.05, 3.63) is 41.4 Å². The molecule has 25 heavy (non-hydrogen) atoms. The fraction of sp³-hybridized carbons (Fsp3) is 0.389. The topological polar surface area (TPSA) is 66.7 Å². The number of aromatic nitrogens is 1. The van der Waals surface area contributed by atoms with Crippen LogP contribution in [0.5, 0.6) is 0 Å². The second kappa shape index (κ2) is 8.73. The van der Waals surface area contributed by atoms with Crippen molar-refractivity contribution < 1.29 is 14.5 Å². The second-order valence-corrected chi connectivity index (χ2v) is 7.18. The summed E-state index contributed by atoms with van der Waals surface area (Å²) in [5.41, 5.74) is 1.67. The van der Waals surface area contributed by atoms with Gasteiger partial charge in [-0.05, 0) is 26.0 Å². The van der Waals surface area contributed by atoms with Crippen molar-refractivity contribution in [1.82, 2.24) is 10.3 Å². The molecule has 0 saturated carbocycles. The minimum atomic E-state index is -0.0795. The highest BCUT2D eigenvalue weighted by molar-refractivity contribution is 7.14. The molecule has 2 amide bonds. The molecule has 0 aliphatic rings. The van der Waals surface area contributed by atoms with E-state index in [1.165, 1.54) is 18.3 Å². The van der Waals surface area contributed by atoms with Gasteiger partial charge in [0, 0.05) is 18.3 Å². The van der Waals surface area contributed by atoms with Gasteiger partial charge in [0.05, 0.1) is 12.7 Å². The summed E-state index contributed by atoms with van der Waals surface area (Å²) in [4.78, 5) is 31.1. The number of hydrogen-bond acceptors (Lipinski definition) is 4. The Labute approximate surface area is 152 Å². The Morgan fingerprint density at radius 2 is 1.96 bits per heavy atom. The molecule has 0 bridgehead atoms. The number of amides is 2. The smallest absolute Gasteiger partial charge is 0.275 e. The molecule has 6 nitrogen and oxygen atoms in total. The lowest BCUT2D eigenvalue weighted by molar-refractivity contribution is -0.885. The predicted octanol–water partition coefficient (Wildman–Crippen LogP) is 1.37. The van der Waals surface area contributed by atoms with Gasteiger partial charge in [0.25, 0.3) is 5.91 Å². The monoisotopic (exact) mass is 361 g/mol. The van der Waals surface area contributed by atoms with E-state index in [0.717, 1.165) is 16.3 Å². The van der Waals surface area contributed by atoms with Crippen molar-refractivity contribution in [2.45, 2.75) is 33.4 Å². The Bertz CT molecular complexity index is 715. The molecule has 2 aromatic rings. The molecule has 1 unspecified atom stereocenters. The molecule has 1 atom stereocenters. The normalized spacial score (nSPS) is 12.0. The van der Waals surface area contributed by atoms with Crippen molar-refractivity contribution in [2.24, 2.45) is 0 Å². The second-order valence-electron chi connectivity index (χ2n) is 6.34. The zero-order valence-electron chi connectivity index (χ0n) is 15.1. The summed E-state index contributed by atoms with van der Waals surface area (Å²) in [6.07, 6.45) is 0. The molecule has 0 aliphatic heterocycles. The van der Waals surface area contributed by atoms with E-state index in [9.17, 15) is 9.59 Å². The first-order valence-corrected chi connectivity index (χ1v) is 9.15. The van der Waals surface area contributed by atoms with E-state index in [0.29, 0.717) is 18.2 Å². The van der Waals surface area contributed by atoms with Gasteiger partial charge >= 0.3 is 0 Å². The maximum atomic E-state index is 12.1. The number of hydrogen-bond donors (Lipinski definition) is 2. The van der Waals surface area contributed by atoms with E-state index in [1.54, 1.807) is 4.90 Å². The summed E-state index contributed by atoms with van der Waals surface area (Å²) in [5.74, 6) is -0.0540. The van der Waals surface area contributed by atoms with Gasteiger partial charge in [-0.1, -0.05) is 18.2 Å². The molecule has 1 aromatic heterocycles. The third kappa shape index (κ3) is 5.65. The first kappa shape index (κ1) is 19.1. The fourth-order valence-electron chi connectivity index (χ4n) is 2.50. The number of thiazole rings is 1. The average molecular weight is 361 g/mol. The Balaban J connectivity index is 2.05. The SMILES string of the molecule is CC(=O)N(c1ccccc1)c1nc(C[NH+](C)CC(=O)NC(C)C)cs1. The minimum absolute atomic E-state index is 0.0256. The molecule has 0 spiro atoms. The zero-order chi connectivity index (χ0) is 18.4. The fourth-order valence-corrected chi connectivity index (χ4v) is 3.39. The van der Waals surface area contributed by atoms with Gasteiger partial charge in [0.15, 0.2) is 11.7 Å². The summed E-state index contributed by atoms with van der Waals surface area (Å²) in [6.45, 7) is 6.43. The van der Waals surface area contributed by atoms with Crippen molar-refractivity contribution in [1.29, 1.82) is 0 Å². The predicted molar refractivity (Wildman–Crippen MR) is 100 cm³/mol. The highest BCUT2D eigenvalue weighted by Crippen LogP contribution is 2.28. The quantitative estimate of drug-likeness (QED) is 0.783. The molecule has 0 fully saturated rings. The highest BCUT2D eigenvalue weighted by atomic mass is 32.1. The third-order valence-corrected chi connectivity index (χ3v) is 4.33. The van der Waals surface area contributed by atoms with Crippen LogP contribution in [0.2, 0.25) is 0 Å². The van der Waals surface area contributed by atoms with Gasteiger partial charge in [-0.15, -0.1) is 11.3 Å². The number of benzene rings is 1. The van der Waals surface area contributed by atoms with Gasteiger partial charge < -0.3 is 10.2 Å². The van der Waals surface area contributed by atoms with Gasteiger partial charge in [-0.3, -0.25) is 14.5 Å². The van der Waals surface area contributed by atoms with E-state index in [1.807, 2.05) is 56.6 Å². The lowest BCUT2D eigenvalue weighted by Gasteiger charge is -2.17. The van der Waals surface area contributed by atoms with Crippen LogP contribution >= 0.6 is 11.3 Å². The van der Waals surface area contributed by atoms with Crippen LogP contribution in [0.3, 0.4) is 0 Å². The third-order valence-electron chi connectivity index (χ3n) is 3.46. The molecule has 1 aromatic carbocycles. The number of quaternary nitrogens is 1. The lowest BCUT2D eigenvalue weighted by Crippen LogP contribution is -3.09. The standard InChI is InChI=1S/C18H24N4O2S/c1-13(2)19-17(24)11-21(4)10-15-12-25-18(20-15)22(14(3)23)16-8-6-5-7-9-16/h5-9,12-13H,10-11H2,1-4H3,(H,19,24)/p+1. The Hall–Kier alpha value is -2.25. The van der Waals surface area contributed by atoms with E-state index in [4.69, 9.17) is 0 Å². The van der Waals surface area contributed by atoms with Crippen molar-refractivity contribution >= 4 is 34.0 Å². The maximum Gasteiger partial charge on any atom is 0.275 e. The molecular weight excluding hydrogens is 336 g/mol. The lowest BCUT2D eigenvalue weighted by atomic mass is 10.3. The van der Waals surface area contributed by atoms with Gasteiger partial charge in [-0.2, -0.15) is 0 Å². The Morgan fingerprint density at radius 1 is 1.28 bits per heavy atom. The van der Waals surface area contributed by atoms with Crippen LogP contribution in [0.15, 0.2) is 35.7 Å². The van der Waals surface area contributed by atoms with Crippen LogP contribution in [-0.4, -0.2) is 36.4 Å². The summed E-state index contributed by atoms with van der Waals surface area (Å²) < 4.78 is 0. The molecule has 1 heterocycles. The van der Waals surface area contributed by atoms with E-state index >= 15 is 0 Å². The number of carbonyl (C=O) groups excluding carboxylic acids is 2. The van der Waals surface area contributed by atoms with Crippen molar-refractivity contribution in [3.8, 4) is 0 Å². The first-order valence-electron chi connectivity index (χ1n) is 8.27. The molecule has 2 rings (SSSR count). The highest BCUT2D eigenvalue weighted by Gasteiger charge is 2.19. The van der Waals surface area contributed by atoms with Gasteiger partial charge in [0.1, 0.15) is 12.2 Å². The van der Waals surface area contributed by atoms with Crippen LogP contribution in [0, 0.1) is 0 Å². The zero-order valence-corrected chi connectivity index (χ0v) is 15.9. The molecule has 0 aliphatic carbocycles. The largest absolute Gasteiger partial charge is 0.349 e. The van der Waals surface area contributed by atoms with E-state index in [-0.39, 0.29) is 17.9 Å². The molecule has 134 valence electrons. The number of nitrogens with zero attached hydrogens (tertiary/aromatic N) is 2. The number of likely N-dealkylation sites (N-methyl/N-ethyl adjacent to an activating group) is 1. The number of para-hydroxylation sites is 1. The van der Waals surface area contributed by atoms with E-state index < -0.39 is 0 Å². The Morgan fingerprint density at radius 3 is 2.56 bits per heavy atom. The van der Waals surface area contributed by atoms with Crippen molar-refractivity contribution in [2.75, 3.05) is 18.5 Å². The summed E-state index contributed by atoms with van der Waals surface area (Å²) in [5, 5.41) is 5.48. The van der Waals surface area contributed by atoms with E-state index in [2.05, 4.69) is 10.3 Å². The van der Waals surface area contributed by atoms with Crippen LogP contribution in [-0.2, 0) is 16.1 Å². The minimum Gasteiger partial charge on any atom is -0.349 e. The number of nitrogens with one attached hydrogen (secondary N) is 2. The van der Waals surface area contributed by atoms with Gasteiger partial charge in [-0.25, -0.2) is 4.98 Å². The molecule has 7 heteroatoms. The summed E-state index contributed by atoms with van der Waals surface area (Å²) in [6, 6.07) is 9.61. The summed E-state index contributed by atoms with van der Waals surface area (Å²) in [7, 11) is 1.96. The Kier molecular flexibility index (Phi) is 6.66. The summed E-state index contributed by atoms with van der Waals surface area (Å²) >= 11 is 1.43. The van der Waals surface area contributed by atoms with Crippen LogP contribution < -0.4 is 15.1 Å². The first-order chi connectivity index (χ1) is 11.9. The number of rotatable bonds is 7. The van der Waals surface area contributed by atoms with Crippen LogP contribution in [0.25, 0.3) is 0 Å². The molecular formula is C18H25N4O2S+. The van der Waals surface area contributed by atoms with Crippen LogP contribution in [0.4, 0.5) is 10.8 Å². The average Bonchev–Trinajstić information content (AvgIpc) is 2.94. The van der Waals surface area contributed by atoms with Gasteiger partial charge in [0.2, 0.25) is 5.91 Å². The van der Waals surface area contributed by atoms with Crippen LogP contribution in [0.1, 0.15) is 26.5 Å².